The number of carbonyl (C=O) groups excluding carboxylic acids is 2. The van der Waals surface area contributed by atoms with Crippen LogP contribution in [0, 0.1) is 17.8 Å². The highest BCUT2D eigenvalue weighted by Gasteiger charge is 2.40. The molecule has 6 heteroatoms. The first-order chi connectivity index (χ1) is 9.65. The quantitative estimate of drug-likeness (QED) is 0.867. The maximum Gasteiger partial charge on any atom is 0.349 e. The molecule has 1 amide bonds. The summed E-state index contributed by atoms with van der Waals surface area (Å²) >= 11 is 1.15. The number of amides is 1. The average Bonchev–Trinajstić information content (AvgIpc) is 3.13. The first-order valence-electron chi connectivity index (χ1n) is 6.99. The van der Waals surface area contributed by atoms with Crippen molar-refractivity contribution >= 4 is 28.3 Å². The molecule has 0 aliphatic heterocycles. The maximum atomic E-state index is 12.0. The average molecular weight is 294 g/mol. The number of aromatic nitrogens is 1. The van der Waals surface area contributed by atoms with E-state index in [9.17, 15) is 9.59 Å². The number of rotatable bonds is 4. The van der Waals surface area contributed by atoms with E-state index in [1.54, 1.807) is 0 Å². The molecular weight excluding hydrogens is 276 g/mol. The Morgan fingerprint density at radius 2 is 2.30 bits per heavy atom. The monoisotopic (exact) mass is 294 g/mol. The molecule has 1 aromatic heterocycles. The zero-order valence-corrected chi connectivity index (χ0v) is 12.2. The van der Waals surface area contributed by atoms with Crippen molar-refractivity contribution < 1.29 is 14.3 Å². The molecule has 3 rings (SSSR count). The first kappa shape index (κ1) is 13.5. The summed E-state index contributed by atoms with van der Waals surface area (Å²) < 4.78 is 4.61. The fourth-order valence-corrected chi connectivity index (χ4v) is 4.31. The van der Waals surface area contributed by atoms with E-state index < -0.39 is 5.97 Å². The predicted molar refractivity (Wildman–Crippen MR) is 75.6 cm³/mol. The van der Waals surface area contributed by atoms with Crippen molar-refractivity contribution in [2.75, 3.05) is 12.4 Å². The van der Waals surface area contributed by atoms with Crippen LogP contribution in [0.3, 0.4) is 0 Å². The van der Waals surface area contributed by atoms with Crippen molar-refractivity contribution in [3.05, 3.63) is 11.1 Å². The Labute approximate surface area is 121 Å². The van der Waals surface area contributed by atoms with Crippen molar-refractivity contribution in [3.63, 3.8) is 0 Å². The van der Waals surface area contributed by atoms with Crippen molar-refractivity contribution in [3.8, 4) is 0 Å². The number of esters is 1. The first-order valence-corrected chi connectivity index (χ1v) is 7.81. The minimum atomic E-state index is -0.420. The number of nitrogens with zero attached hydrogens (tertiary/aromatic N) is 1. The Morgan fingerprint density at radius 1 is 1.45 bits per heavy atom. The number of nitrogens with one attached hydrogen (secondary N) is 1. The fourth-order valence-electron chi connectivity index (χ4n) is 3.56. The Hall–Kier alpha value is -1.43. The van der Waals surface area contributed by atoms with E-state index in [1.165, 1.54) is 39.0 Å². The summed E-state index contributed by atoms with van der Waals surface area (Å²) in [6.07, 6.45) is 7.15. The minimum Gasteiger partial charge on any atom is -0.465 e. The number of hydrogen-bond acceptors (Lipinski definition) is 5. The largest absolute Gasteiger partial charge is 0.465 e. The second kappa shape index (κ2) is 5.52. The number of methoxy groups -OCH3 is 1. The Morgan fingerprint density at radius 3 is 2.95 bits per heavy atom. The summed E-state index contributed by atoms with van der Waals surface area (Å²) in [4.78, 5) is 27.8. The topological polar surface area (TPSA) is 68.3 Å². The van der Waals surface area contributed by atoms with Gasteiger partial charge in [0.1, 0.15) is 4.88 Å². The van der Waals surface area contributed by atoms with E-state index in [2.05, 4.69) is 15.0 Å². The van der Waals surface area contributed by atoms with Gasteiger partial charge in [0, 0.05) is 6.42 Å². The number of thiazole rings is 1. The van der Waals surface area contributed by atoms with Crippen molar-refractivity contribution in [1.29, 1.82) is 0 Å². The van der Waals surface area contributed by atoms with Crippen LogP contribution in [0.15, 0.2) is 6.20 Å². The highest BCUT2D eigenvalue weighted by molar-refractivity contribution is 7.17. The predicted octanol–water partition coefficient (Wildman–Crippen LogP) is 2.69. The lowest BCUT2D eigenvalue weighted by molar-refractivity contribution is -0.117. The van der Waals surface area contributed by atoms with Gasteiger partial charge in [-0.3, -0.25) is 4.79 Å². The number of anilines is 1. The van der Waals surface area contributed by atoms with Gasteiger partial charge in [0.05, 0.1) is 13.3 Å². The van der Waals surface area contributed by atoms with Gasteiger partial charge >= 0.3 is 5.97 Å². The normalized spacial score (nSPS) is 27.6. The lowest BCUT2D eigenvalue weighted by Gasteiger charge is -2.20. The SMILES string of the molecule is COC(=O)c1cnc(NC(=O)CC2CC3CCC2C3)s1. The molecule has 2 fully saturated rings. The highest BCUT2D eigenvalue weighted by Crippen LogP contribution is 2.49. The van der Waals surface area contributed by atoms with Crippen LogP contribution in [-0.2, 0) is 9.53 Å². The number of fused-ring (bicyclic) bond motifs is 2. The van der Waals surface area contributed by atoms with Gasteiger partial charge in [-0.05, 0) is 37.0 Å². The van der Waals surface area contributed by atoms with Gasteiger partial charge in [-0.2, -0.15) is 0 Å². The fraction of sp³-hybridized carbons (Fsp3) is 0.643. The molecule has 5 nitrogen and oxygen atoms in total. The number of carbonyl (C=O) groups is 2. The summed E-state index contributed by atoms with van der Waals surface area (Å²) in [5.41, 5.74) is 0. The molecule has 1 heterocycles. The van der Waals surface area contributed by atoms with E-state index in [0.717, 1.165) is 23.2 Å². The van der Waals surface area contributed by atoms with E-state index >= 15 is 0 Å². The molecule has 20 heavy (non-hydrogen) atoms. The Bertz CT molecular complexity index is 528. The molecule has 1 aromatic rings. The van der Waals surface area contributed by atoms with Crippen LogP contribution in [0.1, 0.15) is 41.8 Å². The summed E-state index contributed by atoms with van der Waals surface area (Å²) in [5, 5.41) is 3.26. The molecule has 0 radical (unpaired) electrons. The maximum absolute atomic E-state index is 12.0. The van der Waals surface area contributed by atoms with E-state index in [1.807, 2.05) is 0 Å². The zero-order valence-electron chi connectivity index (χ0n) is 11.4. The molecule has 2 aliphatic rings. The van der Waals surface area contributed by atoms with Gasteiger partial charge in [0.25, 0.3) is 0 Å². The minimum absolute atomic E-state index is 0.00770. The molecule has 3 unspecified atom stereocenters. The van der Waals surface area contributed by atoms with E-state index in [4.69, 9.17) is 0 Å². The number of ether oxygens (including phenoxy) is 1. The lowest BCUT2D eigenvalue weighted by atomic mass is 9.86. The Balaban J connectivity index is 1.54. The number of hydrogen-bond donors (Lipinski definition) is 1. The van der Waals surface area contributed by atoms with Crippen LogP contribution in [0.5, 0.6) is 0 Å². The molecule has 3 atom stereocenters. The summed E-state index contributed by atoms with van der Waals surface area (Å²) in [6, 6.07) is 0. The highest BCUT2D eigenvalue weighted by atomic mass is 32.1. The zero-order chi connectivity index (χ0) is 14.1. The molecule has 1 N–H and O–H groups in total. The molecule has 0 saturated heterocycles. The summed E-state index contributed by atoms with van der Waals surface area (Å²) in [7, 11) is 1.33. The van der Waals surface area contributed by atoms with Crippen LogP contribution in [-0.4, -0.2) is 24.0 Å². The molecular formula is C14H18N2O3S. The molecule has 2 bridgehead atoms. The van der Waals surface area contributed by atoms with Gasteiger partial charge in [0.15, 0.2) is 5.13 Å². The van der Waals surface area contributed by atoms with Crippen LogP contribution >= 0.6 is 11.3 Å². The Kier molecular flexibility index (Phi) is 3.74. The van der Waals surface area contributed by atoms with Gasteiger partial charge < -0.3 is 10.1 Å². The third-order valence-electron chi connectivity index (χ3n) is 4.47. The van der Waals surface area contributed by atoms with Crippen LogP contribution in [0.4, 0.5) is 5.13 Å². The molecule has 0 spiro atoms. The molecule has 0 aromatic carbocycles. The summed E-state index contributed by atoms with van der Waals surface area (Å²) in [6.45, 7) is 0. The second-order valence-electron chi connectivity index (χ2n) is 5.71. The van der Waals surface area contributed by atoms with E-state index in [-0.39, 0.29) is 5.91 Å². The third-order valence-corrected chi connectivity index (χ3v) is 5.36. The second-order valence-corrected chi connectivity index (χ2v) is 6.74. The van der Waals surface area contributed by atoms with Gasteiger partial charge in [0.2, 0.25) is 5.91 Å². The van der Waals surface area contributed by atoms with E-state index in [0.29, 0.717) is 22.3 Å². The van der Waals surface area contributed by atoms with Crippen molar-refractivity contribution in [2.24, 2.45) is 17.8 Å². The van der Waals surface area contributed by atoms with Crippen molar-refractivity contribution in [1.82, 2.24) is 4.98 Å². The van der Waals surface area contributed by atoms with Crippen molar-refractivity contribution in [2.45, 2.75) is 32.1 Å². The standard InChI is InChI=1S/C14H18N2O3S/c1-19-13(18)11-7-15-14(20-11)16-12(17)6-10-5-8-2-3-9(10)4-8/h7-10H,2-6H2,1H3,(H,15,16,17). The summed E-state index contributed by atoms with van der Waals surface area (Å²) in [5.74, 6) is 1.72. The van der Waals surface area contributed by atoms with Gasteiger partial charge in [-0.15, -0.1) is 0 Å². The molecule has 108 valence electrons. The van der Waals surface area contributed by atoms with Gasteiger partial charge in [-0.1, -0.05) is 17.8 Å². The van der Waals surface area contributed by atoms with Crippen LogP contribution in [0.2, 0.25) is 0 Å². The molecule has 2 aliphatic carbocycles. The third kappa shape index (κ3) is 2.70. The van der Waals surface area contributed by atoms with Crippen LogP contribution in [0.25, 0.3) is 0 Å². The molecule has 2 saturated carbocycles. The lowest BCUT2D eigenvalue weighted by Crippen LogP contribution is -2.20. The van der Waals surface area contributed by atoms with Gasteiger partial charge in [-0.25, -0.2) is 9.78 Å². The van der Waals surface area contributed by atoms with Crippen LogP contribution < -0.4 is 5.32 Å². The smallest absolute Gasteiger partial charge is 0.349 e.